The number of aryl methyl sites for hydroxylation is 2. The van der Waals surface area contributed by atoms with Crippen LogP contribution in [0.5, 0.6) is 0 Å². The Labute approximate surface area is 145 Å². The van der Waals surface area contributed by atoms with Crippen LogP contribution in [-0.2, 0) is 6.42 Å². The van der Waals surface area contributed by atoms with Gasteiger partial charge in [-0.25, -0.2) is 0 Å². The van der Waals surface area contributed by atoms with E-state index < -0.39 is 6.10 Å². The first-order valence-electron chi connectivity index (χ1n) is 7.59. The Morgan fingerprint density at radius 3 is 2.61 bits per heavy atom. The van der Waals surface area contributed by atoms with Gasteiger partial charge >= 0.3 is 0 Å². The number of nitrogen functional groups attached to an aromatic ring is 1. The van der Waals surface area contributed by atoms with E-state index in [0.29, 0.717) is 6.42 Å². The summed E-state index contributed by atoms with van der Waals surface area (Å²) in [5.41, 5.74) is 11.4. The molecule has 3 rings (SSSR count). The molecule has 3 aromatic rings. The van der Waals surface area contributed by atoms with Crippen LogP contribution in [0.4, 0.5) is 5.69 Å². The molecule has 0 aliphatic heterocycles. The van der Waals surface area contributed by atoms with Gasteiger partial charge in [-0.15, -0.1) is 11.3 Å². The Hall–Kier alpha value is -1.55. The highest BCUT2D eigenvalue weighted by Gasteiger charge is 2.18. The molecule has 1 unspecified atom stereocenters. The zero-order chi connectivity index (χ0) is 16.7. The van der Waals surface area contributed by atoms with E-state index in [2.05, 4.69) is 6.07 Å². The third-order valence-corrected chi connectivity index (χ3v) is 6.14. The molecule has 0 spiro atoms. The lowest BCUT2D eigenvalue weighted by Gasteiger charge is -2.15. The lowest BCUT2D eigenvalue weighted by atomic mass is 9.97. The van der Waals surface area contributed by atoms with Gasteiger partial charge in [0.25, 0.3) is 0 Å². The van der Waals surface area contributed by atoms with Crippen molar-refractivity contribution in [1.82, 2.24) is 0 Å². The summed E-state index contributed by atoms with van der Waals surface area (Å²) < 4.78 is 1.15. The number of fused-ring (bicyclic) bond motifs is 1. The average Bonchev–Trinajstić information content (AvgIpc) is 2.85. The van der Waals surface area contributed by atoms with Crippen molar-refractivity contribution in [1.29, 1.82) is 0 Å². The Morgan fingerprint density at radius 2 is 1.87 bits per heavy atom. The van der Waals surface area contributed by atoms with Gasteiger partial charge in [0.2, 0.25) is 0 Å². The van der Waals surface area contributed by atoms with Crippen LogP contribution in [0.2, 0.25) is 5.02 Å². The summed E-state index contributed by atoms with van der Waals surface area (Å²) in [4.78, 5) is 0.986. The zero-order valence-corrected chi connectivity index (χ0v) is 15.1. The van der Waals surface area contributed by atoms with Gasteiger partial charge in [-0.1, -0.05) is 23.7 Å². The summed E-state index contributed by atoms with van der Waals surface area (Å²) >= 11 is 7.71. The number of anilines is 1. The zero-order valence-electron chi connectivity index (χ0n) is 13.5. The van der Waals surface area contributed by atoms with E-state index >= 15 is 0 Å². The van der Waals surface area contributed by atoms with Crippen molar-refractivity contribution in [3.63, 3.8) is 0 Å². The molecule has 120 valence electrons. The molecular weight excluding hydrogens is 326 g/mol. The Morgan fingerprint density at radius 1 is 1.13 bits per heavy atom. The average molecular weight is 346 g/mol. The number of nitrogens with two attached hydrogens (primary N) is 1. The molecule has 0 amide bonds. The third kappa shape index (κ3) is 2.97. The van der Waals surface area contributed by atoms with Crippen LogP contribution in [0.25, 0.3) is 10.1 Å². The van der Waals surface area contributed by atoms with Crippen LogP contribution in [0.3, 0.4) is 0 Å². The number of rotatable bonds is 3. The van der Waals surface area contributed by atoms with Gasteiger partial charge in [0, 0.05) is 26.7 Å². The molecule has 4 heteroatoms. The number of hydrogen-bond acceptors (Lipinski definition) is 3. The van der Waals surface area contributed by atoms with Gasteiger partial charge in [-0.3, -0.25) is 0 Å². The number of hydrogen-bond donors (Lipinski definition) is 2. The first-order valence-corrected chi connectivity index (χ1v) is 8.79. The van der Waals surface area contributed by atoms with Gasteiger partial charge in [-0.05, 0) is 66.6 Å². The van der Waals surface area contributed by atoms with Crippen molar-refractivity contribution in [2.45, 2.75) is 33.3 Å². The monoisotopic (exact) mass is 345 g/mol. The minimum atomic E-state index is -0.560. The molecule has 1 heterocycles. The quantitative estimate of drug-likeness (QED) is 0.629. The summed E-state index contributed by atoms with van der Waals surface area (Å²) in [6.07, 6.45) is -0.0375. The van der Waals surface area contributed by atoms with Crippen LogP contribution in [0, 0.1) is 20.8 Å². The first kappa shape index (κ1) is 16.3. The highest BCUT2D eigenvalue weighted by atomic mass is 35.5. The van der Waals surface area contributed by atoms with Crippen molar-refractivity contribution in [2.75, 3.05) is 5.73 Å². The molecule has 2 aromatic carbocycles. The van der Waals surface area contributed by atoms with Gasteiger partial charge in [0.15, 0.2) is 0 Å². The van der Waals surface area contributed by atoms with Crippen LogP contribution in [0.15, 0.2) is 30.3 Å². The number of benzene rings is 2. The van der Waals surface area contributed by atoms with Gasteiger partial charge in [0.05, 0.1) is 6.10 Å². The topological polar surface area (TPSA) is 46.2 Å². The second-order valence-electron chi connectivity index (χ2n) is 6.03. The van der Waals surface area contributed by atoms with Crippen molar-refractivity contribution in [3.05, 3.63) is 62.5 Å². The lowest BCUT2D eigenvalue weighted by Crippen LogP contribution is -2.05. The predicted octanol–water partition coefficient (Wildman–Crippen LogP) is 5.34. The molecule has 0 aliphatic carbocycles. The van der Waals surface area contributed by atoms with Crippen molar-refractivity contribution in [3.8, 4) is 0 Å². The molecule has 0 bridgehead atoms. The largest absolute Gasteiger partial charge is 0.398 e. The Balaban J connectivity index is 1.96. The second-order valence-corrected chi connectivity index (χ2v) is 7.55. The van der Waals surface area contributed by atoms with Gasteiger partial charge < -0.3 is 10.8 Å². The van der Waals surface area contributed by atoms with Gasteiger partial charge in [0.1, 0.15) is 0 Å². The smallest absolute Gasteiger partial charge is 0.0926 e. The fourth-order valence-corrected chi connectivity index (χ4v) is 4.25. The molecule has 0 saturated heterocycles. The molecule has 0 saturated carbocycles. The predicted molar refractivity (Wildman–Crippen MR) is 101 cm³/mol. The highest BCUT2D eigenvalue weighted by Crippen LogP contribution is 2.38. The van der Waals surface area contributed by atoms with Crippen molar-refractivity contribution >= 4 is 38.7 Å². The Kier molecular flexibility index (Phi) is 4.37. The maximum Gasteiger partial charge on any atom is 0.0926 e. The minimum Gasteiger partial charge on any atom is -0.398 e. The first-order chi connectivity index (χ1) is 10.9. The van der Waals surface area contributed by atoms with E-state index in [0.717, 1.165) is 42.4 Å². The SMILES string of the molecule is Cc1ccc(CC(O)c2sc3ccc(Cl)cc3c2C)c(N)c1C. The summed E-state index contributed by atoms with van der Waals surface area (Å²) in [5.74, 6) is 0. The van der Waals surface area contributed by atoms with Crippen molar-refractivity contribution < 1.29 is 5.11 Å². The maximum atomic E-state index is 10.7. The van der Waals surface area contributed by atoms with Crippen LogP contribution in [0.1, 0.15) is 33.2 Å². The summed E-state index contributed by atoms with van der Waals surface area (Å²) in [7, 11) is 0. The molecule has 0 radical (unpaired) electrons. The van der Waals surface area contributed by atoms with Crippen LogP contribution < -0.4 is 5.73 Å². The summed E-state index contributed by atoms with van der Waals surface area (Å²) in [5, 5.41) is 12.6. The molecule has 23 heavy (non-hydrogen) atoms. The maximum absolute atomic E-state index is 10.7. The van der Waals surface area contributed by atoms with Crippen LogP contribution in [-0.4, -0.2) is 5.11 Å². The second kappa shape index (κ2) is 6.16. The van der Waals surface area contributed by atoms with E-state index in [4.69, 9.17) is 17.3 Å². The fraction of sp³-hybridized carbons (Fsp3) is 0.263. The molecule has 0 aliphatic rings. The standard InChI is InChI=1S/C19H20ClNOS/c1-10-4-5-13(18(21)11(10)2)8-16(22)19-12(3)15-9-14(20)6-7-17(15)23-19/h4-7,9,16,22H,8,21H2,1-3H3. The normalized spacial score (nSPS) is 12.7. The number of halogens is 1. The van der Waals surface area contributed by atoms with Gasteiger partial charge in [-0.2, -0.15) is 0 Å². The fourth-order valence-electron chi connectivity index (χ4n) is 2.90. The van der Waals surface area contributed by atoms with E-state index in [-0.39, 0.29) is 0 Å². The van der Waals surface area contributed by atoms with E-state index in [1.54, 1.807) is 11.3 Å². The van der Waals surface area contributed by atoms with E-state index in [1.807, 2.05) is 45.0 Å². The molecule has 0 fully saturated rings. The third-order valence-electron chi connectivity index (χ3n) is 4.53. The van der Waals surface area contributed by atoms with Crippen molar-refractivity contribution in [2.24, 2.45) is 0 Å². The molecule has 1 atom stereocenters. The minimum absolute atomic E-state index is 0.522. The molecule has 3 N–H and O–H groups in total. The summed E-state index contributed by atoms with van der Waals surface area (Å²) in [6.45, 7) is 6.11. The van der Waals surface area contributed by atoms with E-state index in [9.17, 15) is 5.11 Å². The number of aliphatic hydroxyl groups excluding tert-OH is 1. The number of thiophene rings is 1. The van der Waals surface area contributed by atoms with E-state index in [1.165, 1.54) is 5.56 Å². The Bertz CT molecular complexity index is 885. The highest BCUT2D eigenvalue weighted by molar-refractivity contribution is 7.19. The molecular formula is C19H20ClNOS. The lowest BCUT2D eigenvalue weighted by molar-refractivity contribution is 0.182. The molecule has 1 aromatic heterocycles. The molecule has 2 nitrogen and oxygen atoms in total. The van der Waals surface area contributed by atoms with Crippen LogP contribution >= 0.6 is 22.9 Å². The summed E-state index contributed by atoms with van der Waals surface area (Å²) in [6, 6.07) is 9.93. The number of aliphatic hydroxyl groups is 1.